The Morgan fingerprint density at radius 3 is 2.60 bits per heavy atom. The number of benzene rings is 1. The fourth-order valence-electron chi connectivity index (χ4n) is 1.80. The van der Waals surface area contributed by atoms with Crippen LogP contribution in [0, 0.1) is 0 Å². The van der Waals surface area contributed by atoms with E-state index in [0.29, 0.717) is 0 Å². The SMILES string of the molecule is N[C@@H](Cc1ccccc1)C(=O)ON1C(=O)CC(O)C1=O. The lowest BCUT2D eigenvalue weighted by atomic mass is 10.1. The predicted molar refractivity (Wildman–Crippen MR) is 66.7 cm³/mol. The normalized spacial score (nSPS) is 20.1. The van der Waals surface area contributed by atoms with Gasteiger partial charge in [-0.2, -0.15) is 0 Å². The first-order valence-electron chi connectivity index (χ1n) is 6.05. The minimum absolute atomic E-state index is 0.221. The van der Waals surface area contributed by atoms with E-state index in [-0.39, 0.29) is 17.9 Å². The highest BCUT2D eigenvalue weighted by molar-refractivity contribution is 6.04. The second-order valence-electron chi connectivity index (χ2n) is 4.45. The Balaban J connectivity index is 1.95. The number of aliphatic hydroxyl groups is 1. The van der Waals surface area contributed by atoms with Crippen LogP contribution in [0.15, 0.2) is 30.3 Å². The summed E-state index contributed by atoms with van der Waals surface area (Å²) in [6.45, 7) is 0. The number of hydrogen-bond donors (Lipinski definition) is 2. The van der Waals surface area contributed by atoms with Crippen LogP contribution < -0.4 is 5.73 Å². The van der Waals surface area contributed by atoms with Gasteiger partial charge in [0.1, 0.15) is 12.1 Å². The van der Waals surface area contributed by atoms with Gasteiger partial charge in [-0.1, -0.05) is 35.4 Å². The number of carbonyl (C=O) groups excluding carboxylic acids is 3. The standard InChI is InChI=1S/C13H14N2O5/c14-9(6-8-4-2-1-3-5-8)13(19)20-15-11(17)7-10(16)12(15)18/h1-5,9-10,16H,6-7,14H2/t9-,10?/m0/s1. The number of amides is 2. The van der Waals surface area contributed by atoms with Crippen molar-refractivity contribution in [1.29, 1.82) is 0 Å². The van der Waals surface area contributed by atoms with Gasteiger partial charge in [0.25, 0.3) is 11.8 Å². The molecule has 2 amide bonds. The molecule has 1 unspecified atom stereocenters. The van der Waals surface area contributed by atoms with Crippen LogP contribution >= 0.6 is 0 Å². The van der Waals surface area contributed by atoms with Gasteiger partial charge in [0.15, 0.2) is 0 Å². The third-order valence-corrected chi connectivity index (χ3v) is 2.86. The molecular weight excluding hydrogens is 264 g/mol. The third kappa shape index (κ3) is 3.01. The van der Waals surface area contributed by atoms with E-state index in [1.165, 1.54) is 0 Å². The molecule has 3 N–H and O–H groups in total. The van der Waals surface area contributed by atoms with E-state index >= 15 is 0 Å². The molecule has 20 heavy (non-hydrogen) atoms. The summed E-state index contributed by atoms with van der Waals surface area (Å²) in [7, 11) is 0. The van der Waals surface area contributed by atoms with Gasteiger partial charge in [-0.25, -0.2) is 4.79 Å². The highest BCUT2D eigenvalue weighted by Crippen LogP contribution is 2.14. The second kappa shape index (κ2) is 5.81. The Labute approximate surface area is 114 Å². The van der Waals surface area contributed by atoms with E-state index in [1.807, 2.05) is 6.07 Å². The van der Waals surface area contributed by atoms with Crippen molar-refractivity contribution in [2.75, 3.05) is 0 Å². The maximum atomic E-state index is 11.7. The summed E-state index contributed by atoms with van der Waals surface area (Å²) in [6, 6.07) is 8.02. The quantitative estimate of drug-likeness (QED) is 0.693. The summed E-state index contributed by atoms with van der Waals surface area (Å²) in [5.74, 6) is -2.61. The highest BCUT2D eigenvalue weighted by atomic mass is 16.7. The van der Waals surface area contributed by atoms with Crippen molar-refractivity contribution in [2.45, 2.75) is 25.0 Å². The van der Waals surface area contributed by atoms with Gasteiger partial charge in [-0.3, -0.25) is 9.59 Å². The molecule has 1 heterocycles. The molecule has 7 nitrogen and oxygen atoms in total. The van der Waals surface area contributed by atoms with Gasteiger partial charge < -0.3 is 15.7 Å². The average Bonchev–Trinajstić information content (AvgIpc) is 2.66. The molecule has 7 heteroatoms. The Morgan fingerprint density at radius 1 is 1.40 bits per heavy atom. The number of aliphatic hydroxyl groups excluding tert-OH is 1. The lowest BCUT2D eigenvalue weighted by Gasteiger charge is -2.16. The molecule has 1 aliphatic rings. The van der Waals surface area contributed by atoms with Crippen LogP contribution in [0.2, 0.25) is 0 Å². The van der Waals surface area contributed by atoms with Crippen LogP contribution in [0.25, 0.3) is 0 Å². The summed E-state index contributed by atoms with van der Waals surface area (Å²) < 4.78 is 0. The van der Waals surface area contributed by atoms with Gasteiger partial charge in [0.05, 0.1) is 6.42 Å². The average molecular weight is 278 g/mol. The Bertz CT molecular complexity index is 531. The van der Waals surface area contributed by atoms with E-state index in [1.54, 1.807) is 24.3 Å². The molecule has 1 aromatic carbocycles. The molecular formula is C13H14N2O5. The first kappa shape index (κ1) is 14.2. The largest absolute Gasteiger partial charge is 0.383 e. The van der Waals surface area contributed by atoms with E-state index in [9.17, 15) is 19.5 Å². The summed E-state index contributed by atoms with van der Waals surface area (Å²) in [5.41, 5.74) is 6.50. The van der Waals surface area contributed by atoms with Crippen LogP contribution in [0.4, 0.5) is 0 Å². The van der Waals surface area contributed by atoms with Gasteiger partial charge in [-0.05, 0) is 12.0 Å². The van der Waals surface area contributed by atoms with Gasteiger partial charge in [0, 0.05) is 0 Å². The first-order chi connectivity index (χ1) is 9.49. The van der Waals surface area contributed by atoms with E-state index in [4.69, 9.17) is 5.73 Å². The van der Waals surface area contributed by atoms with Crippen molar-refractivity contribution in [2.24, 2.45) is 5.73 Å². The first-order valence-corrected chi connectivity index (χ1v) is 6.05. The second-order valence-corrected chi connectivity index (χ2v) is 4.45. The van der Waals surface area contributed by atoms with Gasteiger partial charge >= 0.3 is 5.97 Å². The zero-order chi connectivity index (χ0) is 14.7. The molecule has 2 rings (SSSR count). The van der Waals surface area contributed by atoms with Gasteiger partial charge in [-0.15, -0.1) is 0 Å². The van der Waals surface area contributed by atoms with E-state index in [2.05, 4.69) is 4.84 Å². The molecule has 2 atom stereocenters. The number of carbonyl (C=O) groups is 3. The maximum absolute atomic E-state index is 11.7. The molecule has 1 aromatic rings. The Kier molecular flexibility index (Phi) is 4.11. The topological polar surface area (TPSA) is 110 Å². The van der Waals surface area contributed by atoms with Crippen molar-refractivity contribution in [3.63, 3.8) is 0 Å². The molecule has 0 aliphatic carbocycles. The summed E-state index contributed by atoms with van der Waals surface area (Å²) in [4.78, 5) is 39.1. The minimum Gasteiger partial charge on any atom is -0.383 e. The number of imide groups is 1. The smallest absolute Gasteiger partial charge is 0.350 e. The van der Waals surface area contributed by atoms with Crippen molar-refractivity contribution in [1.82, 2.24) is 5.06 Å². The van der Waals surface area contributed by atoms with Crippen molar-refractivity contribution in [3.8, 4) is 0 Å². The summed E-state index contributed by atoms with van der Waals surface area (Å²) >= 11 is 0. The molecule has 0 saturated carbocycles. The Hall–Kier alpha value is -2.25. The molecule has 1 aliphatic heterocycles. The molecule has 0 bridgehead atoms. The molecule has 106 valence electrons. The predicted octanol–water partition coefficient (Wildman–Crippen LogP) is -0.866. The van der Waals surface area contributed by atoms with Crippen molar-refractivity contribution >= 4 is 17.8 Å². The Morgan fingerprint density at radius 2 is 2.05 bits per heavy atom. The fourth-order valence-corrected chi connectivity index (χ4v) is 1.80. The molecule has 1 saturated heterocycles. The van der Waals surface area contributed by atoms with Gasteiger partial charge in [0.2, 0.25) is 0 Å². The molecule has 0 radical (unpaired) electrons. The highest BCUT2D eigenvalue weighted by Gasteiger charge is 2.41. The van der Waals surface area contributed by atoms with Crippen LogP contribution in [0.3, 0.4) is 0 Å². The van der Waals surface area contributed by atoms with Crippen LogP contribution in [0.1, 0.15) is 12.0 Å². The zero-order valence-corrected chi connectivity index (χ0v) is 10.6. The minimum atomic E-state index is -1.46. The number of hydrogen-bond acceptors (Lipinski definition) is 6. The summed E-state index contributed by atoms with van der Waals surface area (Å²) in [5, 5.41) is 9.47. The van der Waals surface area contributed by atoms with Crippen LogP contribution in [-0.4, -0.2) is 40.1 Å². The maximum Gasteiger partial charge on any atom is 0.350 e. The lowest BCUT2D eigenvalue weighted by Crippen LogP contribution is -2.42. The van der Waals surface area contributed by atoms with Crippen molar-refractivity contribution in [3.05, 3.63) is 35.9 Å². The van der Waals surface area contributed by atoms with E-state index < -0.39 is 29.9 Å². The fraction of sp³-hybridized carbons (Fsp3) is 0.308. The number of hydroxylamine groups is 2. The van der Waals surface area contributed by atoms with Crippen molar-refractivity contribution < 1.29 is 24.3 Å². The molecule has 0 aromatic heterocycles. The third-order valence-electron chi connectivity index (χ3n) is 2.86. The van der Waals surface area contributed by atoms with E-state index in [0.717, 1.165) is 5.56 Å². The monoisotopic (exact) mass is 278 g/mol. The lowest BCUT2D eigenvalue weighted by molar-refractivity contribution is -0.199. The van der Waals surface area contributed by atoms with Crippen LogP contribution in [0.5, 0.6) is 0 Å². The molecule has 1 fully saturated rings. The molecule has 0 spiro atoms. The number of nitrogens with two attached hydrogens (primary N) is 1. The summed E-state index contributed by atoms with van der Waals surface area (Å²) in [6.07, 6.45) is -1.63. The number of nitrogens with zero attached hydrogens (tertiary/aromatic N) is 1. The zero-order valence-electron chi connectivity index (χ0n) is 10.6. The number of rotatable bonds is 4. The van der Waals surface area contributed by atoms with Crippen LogP contribution in [-0.2, 0) is 25.6 Å².